The molecule has 0 aliphatic heterocycles. The number of nitrogens with zero attached hydrogens (tertiary/aromatic N) is 2. The van der Waals surface area contributed by atoms with Gasteiger partial charge in [0, 0.05) is 17.8 Å². The fraction of sp³-hybridized carbons (Fsp3) is 0.636. The fourth-order valence-corrected chi connectivity index (χ4v) is 2.12. The maximum Gasteiger partial charge on any atom is 0.153 e. The van der Waals surface area contributed by atoms with Crippen LogP contribution in [0.4, 0.5) is 0 Å². The quantitative estimate of drug-likeness (QED) is 0.779. The van der Waals surface area contributed by atoms with Crippen molar-refractivity contribution >= 4 is 0 Å². The van der Waals surface area contributed by atoms with Crippen molar-refractivity contribution < 1.29 is 5.11 Å². The molecule has 76 valence electrons. The molecule has 3 heteroatoms. The summed E-state index contributed by atoms with van der Waals surface area (Å²) in [6.07, 6.45) is 8.20. The molecule has 14 heavy (non-hydrogen) atoms. The van der Waals surface area contributed by atoms with Gasteiger partial charge in [-0.2, -0.15) is 0 Å². The van der Waals surface area contributed by atoms with E-state index >= 15 is 0 Å². The van der Waals surface area contributed by atoms with E-state index in [1.807, 2.05) is 6.07 Å². The topological polar surface area (TPSA) is 46.0 Å². The summed E-state index contributed by atoms with van der Waals surface area (Å²) in [5, 5.41) is 8.94. The molecular weight excluding hydrogens is 176 g/mol. The van der Waals surface area contributed by atoms with Crippen molar-refractivity contribution in [2.75, 3.05) is 0 Å². The molecule has 1 aromatic heterocycles. The van der Waals surface area contributed by atoms with Crippen LogP contribution >= 0.6 is 0 Å². The maximum atomic E-state index is 8.94. The molecule has 1 aliphatic rings. The second kappa shape index (κ2) is 4.51. The van der Waals surface area contributed by atoms with E-state index in [1.165, 1.54) is 32.1 Å². The second-order valence-electron chi connectivity index (χ2n) is 3.89. The lowest BCUT2D eigenvalue weighted by atomic mass is 9.87. The van der Waals surface area contributed by atoms with Gasteiger partial charge < -0.3 is 5.11 Å². The molecule has 0 atom stereocenters. The van der Waals surface area contributed by atoms with Gasteiger partial charge in [-0.1, -0.05) is 19.3 Å². The van der Waals surface area contributed by atoms with Crippen LogP contribution in [0.3, 0.4) is 0 Å². The summed E-state index contributed by atoms with van der Waals surface area (Å²) in [4.78, 5) is 8.35. The highest BCUT2D eigenvalue weighted by Crippen LogP contribution is 2.31. The molecule has 0 radical (unpaired) electrons. The van der Waals surface area contributed by atoms with E-state index in [2.05, 4.69) is 9.97 Å². The molecule has 0 unspecified atom stereocenters. The molecule has 1 fully saturated rings. The molecule has 1 heterocycles. The van der Waals surface area contributed by atoms with Crippen LogP contribution in [0.5, 0.6) is 0 Å². The summed E-state index contributed by atoms with van der Waals surface area (Å²) in [7, 11) is 0. The van der Waals surface area contributed by atoms with Gasteiger partial charge in [0.1, 0.15) is 6.61 Å². The highest BCUT2D eigenvalue weighted by molar-refractivity contribution is 5.09. The Balaban J connectivity index is 2.13. The zero-order chi connectivity index (χ0) is 9.80. The predicted octanol–water partition coefficient (Wildman–Crippen LogP) is 2.02. The summed E-state index contributed by atoms with van der Waals surface area (Å²) in [5.74, 6) is 1.14. The van der Waals surface area contributed by atoms with Crippen LogP contribution in [-0.2, 0) is 6.61 Å². The van der Waals surface area contributed by atoms with Gasteiger partial charge in [0.25, 0.3) is 0 Å². The second-order valence-corrected chi connectivity index (χ2v) is 3.89. The maximum absolute atomic E-state index is 8.94. The molecule has 1 aromatic rings. The monoisotopic (exact) mass is 192 g/mol. The first-order valence-electron chi connectivity index (χ1n) is 5.33. The smallest absolute Gasteiger partial charge is 0.153 e. The normalized spacial score (nSPS) is 18.4. The minimum Gasteiger partial charge on any atom is -0.388 e. The predicted molar refractivity (Wildman–Crippen MR) is 53.8 cm³/mol. The first-order valence-corrected chi connectivity index (χ1v) is 5.33. The van der Waals surface area contributed by atoms with Crippen LogP contribution in [0.15, 0.2) is 12.3 Å². The third-order valence-electron chi connectivity index (χ3n) is 2.89. The zero-order valence-electron chi connectivity index (χ0n) is 8.32. The summed E-state index contributed by atoms with van der Waals surface area (Å²) in [6.45, 7) is -0.0550. The number of aromatic nitrogens is 2. The Morgan fingerprint density at radius 3 is 2.79 bits per heavy atom. The SMILES string of the molecule is OCc1nccc(C2CCCCC2)n1. The van der Waals surface area contributed by atoms with Crippen molar-refractivity contribution in [3.8, 4) is 0 Å². The number of aliphatic hydroxyl groups excluding tert-OH is 1. The van der Waals surface area contributed by atoms with Gasteiger partial charge in [0.15, 0.2) is 5.82 Å². The van der Waals surface area contributed by atoms with Crippen molar-refractivity contribution in [3.63, 3.8) is 0 Å². The molecule has 3 nitrogen and oxygen atoms in total. The molecule has 0 saturated heterocycles. The highest BCUT2D eigenvalue weighted by Gasteiger charge is 2.16. The van der Waals surface area contributed by atoms with Gasteiger partial charge >= 0.3 is 0 Å². The molecule has 1 aliphatic carbocycles. The highest BCUT2D eigenvalue weighted by atomic mass is 16.3. The molecular formula is C11H16N2O. The Bertz CT molecular complexity index is 295. The average Bonchev–Trinajstić information content (AvgIpc) is 2.30. The molecule has 0 amide bonds. The number of hydrogen-bond acceptors (Lipinski definition) is 3. The number of hydrogen-bond donors (Lipinski definition) is 1. The van der Waals surface area contributed by atoms with Crippen LogP contribution in [0.25, 0.3) is 0 Å². The molecule has 0 bridgehead atoms. The standard InChI is InChI=1S/C11H16N2O/c14-8-11-12-7-6-10(13-11)9-4-2-1-3-5-9/h6-7,9,14H,1-5,8H2. The average molecular weight is 192 g/mol. The third-order valence-corrected chi connectivity index (χ3v) is 2.89. The van der Waals surface area contributed by atoms with Crippen LogP contribution in [0.2, 0.25) is 0 Å². The van der Waals surface area contributed by atoms with Gasteiger partial charge in [-0.15, -0.1) is 0 Å². The minimum atomic E-state index is -0.0550. The molecule has 1 saturated carbocycles. The largest absolute Gasteiger partial charge is 0.388 e. The molecule has 0 aromatic carbocycles. The lowest BCUT2D eigenvalue weighted by Crippen LogP contribution is -2.08. The van der Waals surface area contributed by atoms with Crippen molar-refractivity contribution in [1.29, 1.82) is 0 Å². The van der Waals surface area contributed by atoms with E-state index in [9.17, 15) is 0 Å². The molecule has 2 rings (SSSR count). The van der Waals surface area contributed by atoms with E-state index in [4.69, 9.17) is 5.11 Å². The lowest BCUT2D eigenvalue weighted by molar-refractivity contribution is 0.270. The molecule has 0 spiro atoms. The van der Waals surface area contributed by atoms with Gasteiger partial charge in [0.05, 0.1) is 0 Å². The van der Waals surface area contributed by atoms with Crippen LogP contribution in [-0.4, -0.2) is 15.1 Å². The molecule has 1 N–H and O–H groups in total. The Morgan fingerprint density at radius 2 is 2.07 bits per heavy atom. The Kier molecular flexibility index (Phi) is 3.09. The van der Waals surface area contributed by atoms with Gasteiger partial charge in [-0.25, -0.2) is 9.97 Å². The lowest BCUT2D eigenvalue weighted by Gasteiger charge is -2.20. The van der Waals surface area contributed by atoms with Crippen molar-refractivity contribution in [1.82, 2.24) is 9.97 Å². The Labute approximate surface area is 84.2 Å². The number of aliphatic hydroxyl groups is 1. The van der Waals surface area contributed by atoms with Gasteiger partial charge in [-0.3, -0.25) is 0 Å². The Morgan fingerprint density at radius 1 is 1.29 bits per heavy atom. The fourth-order valence-electron chi connectivity index (χ4n) is 2.12. The third kappa shape index (κ3) is 2.10. The van der Waals surface area contributed by atoms with Crippen molar-refractivity contribution in [3.05, 3.63) is 23.8 Å². The van der Waals surface area contributed by atoms with Crippen molar-refractivity contribution in [2.24, 2.45) is 0 Å². The first kappa shape index (κ1) is 9.59. The van der Waals surface area contributed by atoms with Crippen LogP contribution < -0.4 is 0 Å². The van der Waals surface area contributed by atoms with E-state index in [0.29, 0.717) is 11.7 Å². The van der Waals surface area contributed by atoms with Crippen LogP contribution in [0.1, 0.15) is 49.5 Å². The van der Waals surface area contributed by atoms with Crippen molar-refractivity contribution in [2.45, 2.75) is 44.6 Å². The summed E-state index contributed by atoms with van der Waals surface area (Å²) < 4.78 is 0. The summed E-state index contributed by atoms with van der Waals surface area (Å²) >= 11 is 0. The zero-order valence-corrected chi connectivity index (χ0v) is 8.32. The summed E-state index contributed by atoms with van der Waals surface area (Å²) in [6, 6.07) is 1.98. The van der Waals surface area contributed by atoms with E-state index in [-0.39, 0.29) is 6.61 Å². The minimum absolute atomic E-state index is 0.0550. The van der Waals surface area contributed by atoms with E-state index < -0.39 is 0 Å². The number of rotatable bonds is 2. The van der Waals surface area contributed by atoms with Gasteiger partial charge in [-0.05, 0) is 18.9 Å². The van der Waals surface area contributed by atoms with E-state index in [0.717, 1.165) is 5.69 Å². The van der Waals surface area contributed by atoms with E-state index in [1.54, 1.807) is 6.20 Å². The summed E-state index contributed by atoms with van der Waals surface area (Å²) in [5.41, 5.74) is 1.11. The van der Waals surface area contributed by atoms with Crippen LogP contribution in [0, 0.1) is 0 Å². The Hall–Kier alpha value is -0.960. The van der Waals surface area contributed by atoms with Gasteiger partial charge in [0.2, 0.25) is 0 Å². The first-order chi connectivity index (χ1) is 6.90.